The molecule has 1 aliphatic rings. The SMILES string of the molecule is CS(=O)(=O)c1cccc(NCC2CCC=CO2)c1. The summed E-state index contributed by atoms with van der Waals surface area (Å²) < 4.78 is 28.3. The first-order valence-corrected chi connectivity index (χ1v) is 7.79. The van der Waals surface area contributed by atoms with Crippen LogP contribution in [0.2, 0.25) is 0 Å². The Labute approximate surface area is 108 Å². The van der Waals surface area contributed by atoms with E-state index in [2.05, 4.69) is 5.32 Å². The highest BCUT2D eigenvalue weighted by molar-refractivity contribution is 7.90. The van der Waals surface area contributed by atoms with Crippen LogP contribution >= 0.6 is 0 Å². The number of hydrogen-bond acceptors (Lipinski definition) is 4. The van der Waals surface area contributed by atoms with Crippen LogP contribution in [0.1, 0.15) is 12.8 Å². The van der Waals surface area contributed by atoms with Gasteiger partial charge in [0.1, 0.15) is 6.10 Å². The van der Waals surface area contributed by atoms with Crippen molar-refractivity contribution in [3.8, 4) is 0 Å². The van der Waals surface area contributed by atoms with E-state index in [1.165, 1.54) is 6.26 Å². The highest BCUT2D eigenvalue weighted by Crippen LogP contribution is 2.16. The van der Waals surface area contributed by atoms with Crippen LogP contribution < -0.4 is 5.32 Å². The van der Waals surface area contributed by atoms with Crippen LogP contribution in [0.15, 0.2) is 41.5 Å². The first-order chi connectivity index (χ1) is 8.55. The average molecular weight is 267 g/mol. The lowest BCUT2D eigenvalue weighted by Crippen LogP contribution is -2.23. The molecule has 5 heteroatoms. The van der Waals surface area contributed by atoms with Gasteiger partial charge in [-0.2, -0.15) is 0 Å². The van der Waals surface area contributed by atoms with Gasteiger partial charge in [0.05, 0.1) is 17.7 Å². The first-order valence-electron chi connectivity index (χ1n) is 5.90. The van der Waals surface area contributed by atoms with Crippen molar-refractivity contribution >= 4 is 15.5 Å². The van der Waals surface area contributed by atoms with E-state index in [9.17, 15) is 8.42 Å². The minimum Gasteiger partial charge on any atom is -0.497 e. The monoisotopic (exact) mass is 267 g/mol. The van der Waals surface area contributed by atoms with Gasteiger partial charge in [-0.3, -0.25) is 0 Å². The van der Waals surface area contributed by atoms with Gasteiger partial charge >= 0.3 is 0 Å². The van der Waals surface area contributed by atoms with Crippen LogP contribution in [0.25, 0.3) is 0 Å². The van der Waals surface area contributed by atoms with Crippen molar-refractivity contribution in [1.29, 1.82) is 0 Å². The van der Waals surface area contributed by atoms with Crippen LogP contribution in [-0.4, -0.2) is 27.3 Å². The van der Waals surface area contributed by atoms with E-state index >= 15 is 0 Å². The van der Waals surface area contributed by atoms with Gasteiger partial charge in [0.25, 0.3) is 0 Å². The summed E-state index contributed by atoms with van der Waals surface area (Å²) in [6.45, 7) is 0.678. The van der Waals surface area contributed by atoms with E-state index in [0.717, 1.165) is 18.5 Å². The smallest absolute Gasteiger partial charge is 0.175 e. The van der Waals surface area contributed by atoms with E-state index in [-0.39, 0.29) is 6.10 Å². The van der Waals surface area contributed by atoms with E-state index < -0.39 is 9.84 Å². The van der Waals surface area contributed by atoms with Gasteiger partial charge in [-0.05, 0) is 37.1 Å². The van der Waals surface area contributed by atoms with E-state index in [0.29, 0.717) is 11.4 Å². The number of allylic oxidation sites excluding steroid dienone is 1. The molecule has 1 heterocycles. The van der Waals surface area contributed by atoms with Crippen molar-refractivity contribution in [3.05, 3.63) is 36.6 Å². The molecule has 0 aromatic heterocycles. The van der Waals surface area contributed by atoms with Crippen LogP contribution in [0, 0.1) is 0 Å². The minimum absolute atomic E-state index is 0.150. The summed E-state index contributed by atoms with van der Waals surface area (Å²) in [6.07, 6.45) is 7.09. The summed E-state index contributed by atoms with van der Waals surface area (Å²) in [6, 6.07) is 6.84. The quantitative estimate of drug-likeness (QED) is 0.908. The van der Waals surface area contributed by atoms with Crippen LogP contribution in [0.5, 0.6) is 0 Å². The molecule has 0 saturated heterocycles. The Kier molecular flexibility index (Phi) is 3.91. The molecular formula is C13H17NO3S. The zero-order valence-electron chi connectivity index (χ0n) is 10.3. The van der Waals surface area contributed by atoms with Gasteiger partial charge in [0.15, 0.2) is 9.84 Å². The second-order valence-electron chi connectivity index (χ2n) is 4.39. The van der Waals surface area contributed by atoms with Crippen molar-refractivity contribution < 1.29 is 13.2 Å². The number of rotatable bonds is 4. The molecule has 0 bridgehead atoms. The summed E-state index contributed by atoms with van der Waals surface area (Å²) in [5.74, 6) is 0. The Morgan fingerprint density at radius 2 is 2.28 bits per heavy atom. The standard InChI is InChI=1S/C13H17NO3S/c1-18(15,16)13-7-4-5-11(9-13)14-10-12-6-2-3-8-17-12/h3-5,7-9,12,14H,2,6,10H2,1H3. The maximum atomic E-state index is 11.4. The molecule has 18 heavy (non-hydrogen) atoms. The maximum Gasteiger partial charge on any atom is 0.175 e. The van der Waals surface area contributed by atoms with Gasteiger partial charge in [-0.25, -0.2) is 8.42 Å². The molecule has 2 rings (SSSR count). The maximum absolute atomic E-state index is 11.4. The lowest BCUT2D eigenvalue weighted by Gasteiger charge is -2.20. The zero-order chi connectivity index (χ0) is 13.0. The third-order valence-corrected chi connectivity index (χ3v) is 3.93. The number of anilines is 1. The summed E-state index contributed by atoms with van der Waals surface area (Å²) in [4.78, 5) is 0.331. The van der Waals surface area contributed by atoms with Crippen molar-refractivity contribution in [2.75, 3.05) is 18.1 Å². The number of hydrogen-bond donors (Lipinski definition) is 1. The average Bonchev–Trinajstić information content (AvgIpc) is 2.37. The molecule has 98 valence electrons. The van der Waals surface area contributed by atoms with Gasteiger partial charge < -0.3 is 10.1 Å². The van der Waals surface area contributed by atoms with E-state index in [1.54, 1.807) is 24.5 Å². The van der Waals surface area contributed by atoms with Crippen molar-refractivity contribution in [3.63, 3.8) is 0 Å². The highest BCUT2D eigenvalue weighted by Gasteiger charge is 2.11. The first kappa shape index (κ1) is 13.0. The third kappa shape index (κ3) is 3.50. The second kappa shape index (κ2) is 5.44. The summed E-state index contributed by atoms with van der Waals surface area (Å²) in [7, 11) is -3.15. The Balaban J connectivity index is 1.99. The molecule has 0 radical (unpaired) electrons. The molecule has 1 atom stereocenters. The lowest BCUT2D eigenvalue weighted by atomic mass is 10.1. The second-order valence-corrected chi connectivity index (χ2v) is 6.40. The normalized spacial score (nSPS) is 19.3. The fourth-order valence-corrected chi connectivity index (χ4v) is 2.47. The predicted molar refractivity (Wildman–Crippen MR) is 71.3 cm³/mol. The van der Waals surface area contributed by atoms with Gasteiger partial charge in [0, 0.05) is 11.9 Å². The molecule has 4 nitrogen and oxygen atoms in total. The van der Waals surface area contributed by atoms with Crippen molar-refractivity contribution in [2.24, 2.45) is 0 Å². The molecule has 1 aliphatic heterocycles. The Hall–Kier alpha value is -1.49. The molecule has 1 aromatic carbocycles. The zero-order valence-corrected chi connectivity index (χ0v) is 11.1. The molecule has 0 amide bonds. The van der Waals surface area contributed by atoms with Crippen molar-refractivity contribution in [1.82, 2.24) is 0 Å². The minimum atomic E-state index is -3.15. The Morgan fingerprint density at radius 1 is 1.44 bits per heavy atom. The van der Waals surface area contributed by atoms with E-state index in [4.69, 9.17) is 4.74 Å². The number of sulfone groups is 1. The Morgan fingerprint density at radius 3 is 2.94 bits per heavy atom. The molecule has 1 aromatic rings. The molecular weight excluding hydrogens is 250 g/mol. The topological polar surface area (TPSA) is 55.4 Å². The van der Waals surface area contributed by atoms with E-state index in [1.807, 2.05) is 12.1 Å². The van der Waals surface area contributed by atoms with Gasteiger partial charge in [-0.1, -0.05) is 6.07 Å². The molecule has 0 aliphatic carbocycles. The summed E-state index contributed by atoms with van der Waals surface area (Å²) >= 11 is 0. The molecule has 1 N–H and O–H groups in total. The molecule has 1 unspecified atom stereocenters. The molecule has 0 fully saturated rings. The van der Waals surface area contributed by atoms with Crippen molar-refractivity contribution in [2.45, 2.75) is 23.8 Å². The largest absolute Gasteiger partial charge is 0.497 e. The van der Waals surface area contributed by atoms with Crippen LogP contribution in [0.3, 0.4) is 0 Å². The van der Waals surface area contributed by atoms with Crippen LogP contribution in [0.4, 0.5) is 5.69 Å². The van der Waals surface area contributed by atoms with Gasteiger partial charge in [-0.15, -0.1) is 0 Å². The fraction of sp³-hybridized carbons (Fsp3) is 0.385. The third-order valence-electron chi connectivity index (χ3n) is 2.82. The number of nitrogens with one attached hydrogen (secondary N) is 1. The fourth-order valence-electron chi connectivity index (χ4n) is 1.80. The predicted octanol–water partition coefficient (Wildman–Crippen LogP) is 2.19. The highest BCUT2D eigenvalue weighted by atomic mass is 32.2. The molecule has 0 saturated carbocycles. The summed E-state index contributed by atoms with van der Waals surface area (Å²) in [5, 5.41) is 3.20. The number of benzene rings is 1. The number of ether oxygens (including phenoxy) is 1. The van der Waals surface area contributed by atoms with Crippen LogP contribution in [-0.2, 0) is 14.6 Å². The molecule has 0 spiro atoms. The van der Waals surface area contributed by atoms with Gasteiger partial charge in [0.2, 0.25) is 0 Å². The Bertz CT molecular complexity index is 537. The lowest BCUT2D eigenvalue weighted by molar-refractivity contribution is 0.135. The summed E-state index contributed by atoms with van der Waals surface area (Å²) in [5.41, 5.74) is 0.802.